The fourth-order valence-electron chi connectivity index (χ4n) is 1.38. The monoisotopic (exact) mass is 240 g/mol. The highest BCUT2D eigenvalue weighted by molar-refractivity contribution is 9.10. The van der Waals surface area contributed by atoms with Gasteiger partial charge in [-0.3, -0.25) is 0 Å². The third-order valence-corrected chi connectivity index (χ3v) is 2.54. The number of halogens is 1. The number of fused-ring (bicyclic) bond motifs is 1. The summed E-state index contributed by atoms with van der Waals surface area (Å²) in [6.07, 6.45) is 1.16. The average Bonchev–Trinajstić information content (AvgIpc) is 2.44. The highest BCUT2D eigenvalue weighted by Crippen LogP contribution is 2.39. The Balaban J connectivity index is 2.50. The predicted molar refractivity (Wildman–Crippen MR) is 53.5 cm³/mol. The van der Waals surface area contributed by atoms with Crippen molar-refractivity contribution in [3.8, 4) is 5.75 Å². The van der Waals surface area contributed by atoms with Gasteiger partial charge in [0.2, 0.25) is 0 Å². The number of rotatable bonds is 0. The van der Waals surface area contributed by atoms with E-state index in [0.29, 0.717) is 5.76 Å². The quantitative estimate of drug-likeness (QED) is 0.756. The third kappa shape index (κ3) is 1.38. The molecule has 0 aromatic heterocycles. The van der Waals surface area contributed by atoms with Crippen molar-refractivity contribution in [1.29, 1.82) is 0 Å². The van der Waals surface area contributed by atoms with Gasteiger partial charge in [-0.2, -0.15) is 0 Å². The molecule has 0 saturated heterocycles. The summed E-state index contributed by atoms with van der Waals surface area (Å²) in [5.74, 6) is 1.34. The number of ether oxygens (including phenoxy) is 1. The van der Waals surface area contributed by atoms with Crippen molar-refractivity contribution in [2.75, 3.05) is 0 Å². The van der Waals surface area contributed by atoms with Crippen LogP contribution in [0.1, 0.15) is 18.6 Å². The SMILES string of the molecule is C/C=C1\Oc2ccc(Br)cc2C1O. The van der Waals surface area contributed by atoms with Crippen LogP contribution in [0, 0.1) is 0 Å². The fourth-order valence-corrected chi connectivity index (χ4v) is 1.76. The van der Waals surface area contributed by atoms with E-state index in [1.165, 1.54) is 0 Å². The van der Waals surface area contributed by atoms with Gasteiger partial charge in [-0.05, 0) is 31.2 Å². The molecule has 0 amide bonds. The van der Waals surface area contributed by atoms with Crippen LogP contribution < -0.4 is 4.74 Å². The second kappa shape index (κ2) is 3.16. The highest BCUT2D eigenvalue weighted by atomic mass is 79.9. The third-order valence-electron chi connectivity index (χ3n) is 2.05. The van der Waals surface area contributed by atoms with E-state index in [9.17, 15) is 5.11 Å². The zero-order valence-corrected chi connectivity index (χ0v) is 8.71. The van der Waals surface area contributed by atoms with Crippen LogP contribution in [0.3, 0.4) is 0 Å². The zero-order valence-electron chi connectivity index (χ0n) is 7.12. The van der Waals surface area contributed by atoms with Gasteiger partial charge in [0, 0.05) is 10.0 Å². The van der Waals surface area contributed by atoms with Crippen molar-refractivity contribution < 1.29 is 9.84 Å². The van der Waals surface area contributed by atoms with E-state index >= 15 is 0 Å². The Morgan fingerprint density at radius 3 is 3.00 bits per heavy atom. The maximum atomic E-state index is 9.75. The van der Waals surface area contributed by atoms with Gasteiger partial charge in [0.15, 0.2) is 0 Å². The molecule has 0 saturated carbocycles. The lowest BCUT2D eigenvalue weighted by molar-refractivity contribution is 0.190. The zero-order chi connectivity index (χ0) is 9.42. The number of benzene rings is 1. The molecule has 1 aromatic rings. The summed E-state index contributed by atoms with van der Waals surface area (Å²) < 4.78 is 6.36. The van der Waals surface area contributed by atoms with Crippen LogP contribution in [0.5, 0.6) is 5.75 Å². The minimum absolute atomic E-state index is 0.605. The summed E-state index contributed by atoms with van der Waals surface area (Å²) in [6.45, 7) is 1.85. The molecule has 13 heavy (non-hydrogen) atoms. The summed E-state index contributed by atoms with van der Waals surface area (Å²) in [5.41, 5.74) is 0.822. The van der Waals surface area contributed by atoms with Gasteiger partial charge >= 0.3 is 0 Å². The summed E-state index contributed by atoms with van der Waals surface area (Å²) in [4.78, 5) is 0. The van der Waals surface area contributed by atoms with Crippen molar-refractivity contribution in [2.24, 2.45) is 0 Å². The van der Waals surface area contributed by atoms with E-state index in [-0.39, 0.29) is 0 Å². The summed E-state index contributed by atoms with van der Waals surface area (Å²) >= 11 is 3.35. The minimum atomic E-state index is -0.613. The van der Waals surface area contributed by atoms with Crippen LogP contribution in [0.25, 0.3) is 0 Å². The van der Waals surface area contributed by atoms with Crippen LogP contribution in [0.2, 0.25) is 0 Å². The first-order chi connectivity index (χ1) is 6.22. The standard InChI is InChI=1S/C10H9BrO2/c1-2-8-10(12)7-5-6(11)3-4-9(7)13-8/h2-5,10,12H,1H3/b8-2-. The molecule has 1 aliphatic heterocycles. The van der Waals surface area contributed by atoms with Crippen molar-refractivity contribution in [3.05, 3.63) is 40.1 Å². The first-order valence-electron chi connectivity index (χ1n) is 4.04. The fraction of sp³-hybridized carbons (Fsp3) is 0.200. The molecule has 0 aliphatic carbocycles. The maximum Gasteiger partial charge on any atom is 0.140 e. The number of hydrogen-bond acceptors (Lipinski definition) is 2. The molecule has 2 nitrogen and oxygen atoms in total. The second-order valence-corrected chi connectivity index (χ2v) is 3.79. The number of aliphatic hydroxyl groups is 1. The molecule has 1 aliphatic rings. The molecule has 0 bridgehead atoms. The van der Waals surface area contributed by atoms with Crippen LogP contribution in [0.15, 0.2) is 34.5 Å². The Hall–Kier alpha value is -0.800. The van der Waals surface area contributed by atoms with Gasteiger partial charge < -0.3 is 9.84 Å². The summed E-state index contributed by atoms with van der Waals surface area (Å²) in [7, 11) is 0. The van der Waals surface area contributed by atoms with Crippen LogP contribution in [0.4, 0.5) is 0 Å². The van der Waals surface area contributed by atoms with E-state index in [2.05, 4.69) is 15.9 Å². The Kier molecular flexibility index (Phi) is 2.14. The topological polar surface area (TPSA) is 29.5 Å². The van der Waals surface area contributed by atoms with Crippen LogP contribution in [-0.2, 0) is 0 Å². The molecule has 1 unspecified atom stereocenters. The van der Waals surface area contributed by atoms with Gasteiger partial charge in [-0.25, -0.2) is 0 Å². The lowest BCUT2D eigenvalue weighted by Gasteiger charge is -2.00. The average molecular weight is 241 g/mol. The highest BCUT2D eigenvalue weighted by Gasteiger charge is 2.26. The van der Waals surface area contributed by atoms with Gasteiger partial charge in [0.05, 0.1) is 0 Å². The summed E-state index contributed by atoms with van der Waals surface area (Å²) in [5, 5.41) is 9.75. The van der Waals surface area contributed by atoms with Crippen molar-refractivity contribution >= 4 is 15.9 Å². The molecule has 1 heterocycles. The Morgan fingerprint density at radius 1 is 1.54 bits per heavy atom. The Labute approximate surface area is 85.0 Å². The van der Waals surface area contributed by atoms with Crippen LogP contribution in [-0.4, -0.2) is 5.11 Å². The lowest BCUT2D eigenvalue weighted by atomic mass is 10.1. The van der Waals surface area contributed by atoms with Gasteiger partial charge in [-0.1, -0.05) is 15.9 Å². The van der Waals surface area contributed by atoms with Gasteiger partial charge in [0.25, 0.3) is 0 Å². The molecular weight excluding hydrogens is 232 g/mol. The van der Waals surface area contributed by atoms with Crippen molar-refractivity contribution in [2.45, 2.75) is 13.0 Å². The van der Waals surface area contributed by atoms with E-state index in [1.807, 2.05) is 25.1 Å². The van der Waals surface area contributed by atoms with E-state index in [0.717, 1.165) is 15.8 Å². The largest absolute Gasteiger partial charge is 0.459 e. The maximum absolute atomic E-state index is 9.75. The smallest absolute Gasteiger partial charge is 0.140 e. The van der Waals surface area contributed by atoms with Gasteiger partial charge in [-0.15, -0.1) is 0 Å². The second-order valence-electron chi connectivity index (χ2n) is 2.88. The van der Waals surface area contributed by atoms with E-state index in [4.69, 9.17) is 4.74 Å². The molecule has 0 fully saturated rings. The van der Waals surface area contributed by atoms with Crippen molar-refractivity contribution in [3.63, 3.8) is 0 Å². The Bertz CT molecular complexity index is 371. The molecule has 1 aromatic carbocycles. The first-order valence-corrected chi connectivity index (χ1v) is 4.83. The normalized spacial score (nSPS) is 23.0. The number of aliphatic hydroxyl groups excluding tert-OH is 1. The lowest BCUT2D eigenvalue weighted by Crippen LogP contribution is -1.95. The Morgan fingerprint density at radius 2 is 2.31 bits per heavy atom. The number of allylic oxidation sites excluding steroid dienone is 1. The summed E-state index contributed by atoms with van der Waals surface area (Å²) in [6, 6.07) is 5.61. The first kappa shape index (κ1) is 8.78. The van der Waals surface area contributed by atoms with Gasteiger partial charge in [0.1, 0.15) is 17.6 Å². The van der Waals surface area contributed by atoms with E-state index in [1.54, 1.807) is 6.08 Å². The van der Waals surface area contributed by atoms with E-state index < -0.39 is 6.10 Å². The number of hydrogen-bond donors (Lipinski definition) is 1. The molecule has 1 N–H and O–H groups in total. The van der Waals surface area contributed by atoms with Crippen molar-refractivity contribution in [1.82, 2.24) is 0 Å². The molecule has 3 heteroatoms. The predicted octanol–water partition coefficient (Wildman–Crippen LogP) is 2.78. The molecule has 0 spiro atoms. The molecule has 0 radical (unpaired) electrons. The molecule has 1 atom stereocenters. The molecule has 68 valence electrons. The minimum Gasteiger partial charge on any atom is -0.459 e. The molecular formula is C10H9BrO2. The van der Waals surface area contributed by atoms with Crippen LogP contribution >= 0.6 is 15.9 Å². The molecule has 2 rings (SSSR count).